The van der Waals surface area contributed by atoms with E-state index >= 15 is 0 Å². The second-order valence-corrected chi connectivity index (χ2v) is 2.03. The smallest absolute Gasteiger partial charge is 0.200 e. The highest BCUT2D eigenvalue weighted by Gasteiger charge is 2.10. The van der Waals surface area contributed by atoms with Crippen molar-refractivity contribution in [2.24, 2.45) is 0 Å². The first kappa shape index (κ1) is 7.94. The Hall–Kier alpha value is -1.16. The summed E-state index contributed by atoms with van der Waals surface area (Å²) in [5, 5.41) is 17.1. The van der Waals surface area contributed by atoms with Crippen LogP contribution in [0.2, 0.25) is 0 Å². The molecule has 1 aromatic carbocycles. The number of phenols is 1. The summed E-state index contributed by atoms with van der Waals surface area (Å²) in [6.07, 6.45) is 0. The van der Waals surface area contributed by atoms with Gasteiger partial charge in [-0.2, -0.15) is 4.39 Å². The van der Waals surface area contributed by atoms with Gasteiger partial charge in [0.15, 0.2) is 11.6 Å². The number of phenolic OH excluding ortho intramolecular Hbond substituents is 1. The molecule has 1 rings (SSSR count). The summed E-state index contributed by atoms with van der Waals surface area (Å²) in [6.45, 7) is -0.580. The average Bonchev–Trinajstić information content (AvgIpc) is 2.01. The Morgan fingerprint density at radius 3 is 2.36 bits per heavy atom. The van der Waals surface area contributed by atoms with E-state index in [-0.39, 0.29) is 5.56 Å². The highest BCUT2D eigenvalue weighted by molar-refractivity contribution is 5.29. The van der Waals surface area contributed by atoms with Crippen LogP contribution in [0.3, 0.4) is 0 Å². The van der Waals surface area contributed by atoms with Gasteiger partial charge in [0.2, 0.25) is 5.82 Å². The number of halogens is 2. The molecule has 60 valence electrons. The topological polar surface area (TPSA) is 40.5 Å². The molecule has 2 nitrogen and oxygen atoms in total. The summed E-state index contributed by atoms with van der Waals surface area (Å²) < 4.78 is 25.0. The molecule has 0 aromatic heterocycles. The average molecular weight is 160 g/mol. The molecular weight excluding hydrogens is 154 g/mol. The van der Waals surface area contributed by atoms with Crippen LogP contribution in [-0.4, -0.2) is 10.2 Å². The van der Waals surface area contributed by atoms with Gasteiger partial charge in [-0.3, -0.25) is 0 Å². The normalized spacial score (nSPS) is 10.1. The van der Waals surface area contributed by atoms with Gasteiger partial charge < -0.3 is 10.2 Å². The third-order valence-corrected chi connectivity index (χ3v) is 1.31. The van der Waals surface area contributed by atoms with Crippen LogP contribution in [0.15, 0.2) is 12.1 Å². The number of aromatic hydroxyl groups is 1. The molecule has 0 aliphatic rings. The van der Waals surface area contributed by atoms with Gasteiger partial charge in [-0.25, -0.2) is 4.39 Å². The molecule has 0 atom stereocenters. The number of aliphatic hydroxyl groups is 1. The van der Waals surface area contributed by atoms with E-state index in [0.717, 1.165) is 12.1 Å². The molecule has 0 bridgehead atoms. The third kappa shape index (κ3) is 1.30. The van der Waals surface area contributed by atoms with E-state index in [1.54, 1.807) is 0 Å². The predicted octanol–water partition coefficient (Wildman–Crippen LogP) is 1.16. The minimum atomic E-state index is -1.32. The standard InChI is InChI=1S/C7H6F2O2/c8-6-4(3-10)1-2-5(11)7(6)9/h1-2,10-11H,3H2. The highest BCUT2D eigenvalue weighted by atomic mass is 19.2. The number of benzene rings is 1. The fourth-order valence-corrected chi connectivity index (χ4v) is 0.701. The van der Waals surface area contributed by atoms with Crippen molar-refractivity contribution in [2.75, 3.05) is 0 Å². The molecule has 0 unspecified atom stereocenters. The van der Waals surface area contributed by atoms with Gasteiger partial charge in [0.25, 0.3) is 0 Å². The van der Waals surface area contributed by atoms with Gasteiger partial charge in [-0.05, 0) is 12.1 Å². The molecule has 1 aromatic rings. The Bertz CT molecular complexity index is 273. The Balaban J connectivity index is 3.25. The van der Waals surface area contributed by atoms with Crippen molar-refractivity contribution in [2.45, 2.75) is 6.61 Å². The lowest BCUT2D eigenvalue weighted by Crippen LogP contribution is -1.93. The summed E-state index contributed by atoms with van der Waals surface area (Å²) >= 11 is 0. The maximum atomic E-state index is 12.6. The van der Waals surface area contributed by atoms with Crippen LogP contribution in [0.5, 0.6) is 5.75 Å². The molecule has 0 aliphatic carbocycles. The quantitative estimate of drug-likeness (QED) is 0.647. The van der Waals surface area contributed by atoms with Crippen molar-refractivity contribution < 1.29 is 19.0 Å². The molecule has 0 saturated heterocycles. The van der Waals surface area contributed by atoms with E-state index in [2.05, 4.69) is 0 Å². The predicted molar refractivity (Wildman–Crippen MR) is 33.9 cm³/mol. The molecule has 0 saturated carbocycles. The summed E-state index contributed by atoms with van der Waals surface area (Å²) in [7, 11) is 0. The van der Waals surface area contributed by atoms with Crippen molar-refractivity contribution in [1.82, 2.24) is 0 Å². The molecule has 0 amide bonds. The molecular formula is C7H6F2O2. The van der Waals surface area contributed by atoms with Crippen molar-refractivity contribution in [3.8, 4) is 5.75 Å². The molecule has 0 heterocycles. The Morgan fingerprint density at radius 2 is 1.82 bits per heavy atom. The van der Waals surface area contributed by atoms with Crippen LogP contribution in [0.1, 0.15) is 5.56 Å². The van der Waals surface area contributed by atoms with E-state index in [4.69, 9.17) is 10.2 Å². The number of hydrogen-bond donors (Lipinski definition) is 2. The van der Waals surface area contributed by atoms with Gasteiger partial charge in [-0.15, -0.1) is 0 Å². The first-order valence-electron chi connectivity index (χ1n) is 2.93. The van der Waals surface area contributed by atoms with Crippen molar-refractivity contribution in [1.29, 1.82) is 0 Å². The van der Waals surface area contributed by atoms with Crippen LogP contribution >= 0.6 is 0 Å². The number of aliphatic hydroxyl groups excluding tert-OH is 1. The van der Waals surface area contributed by atoms with Crippen LogP contribution in [0.25, 0.3) is 0 Å². The van der Waals surface area contributed by atoms with Gasteiger partial charge >= 0.3 is 0 Å². The van der Waals surface area contributed by atoms with E-state index in [0.29, 0.717) is 0 Å². The van der Waals surface area contributed by atoms with Crippen molar-refractivity contribution in [3.05, 3.63) is 29.3 Å². The van der Waals surface area contributed by atoms with Crippen LogP contribution in [-0.2, 0) is 6.61 Å². The second-order valence-electron chi connectivity index (χ2n) is 2.03. The van der Waals surface area contributed by atoms with E-state index in [9.17, 15) is 8.78 Å². The summed E-state index contributed by atoms with van der Waals surface area (Å²) in [5.41, 5.74) is -0.166. The monoisotopic (exact) mass is 160 g/mol. The number of rotatable bonds is 1. The molecule has 0 fully saturated rings. The zero-order valence-electron chi connectivity index (χ0n) is 5.51. The highest BCUT2D eigenvalue weighted by Crippen LogP contribution is 2.20. The largest absolute Gasteiger partial charge is 0.505 e. The van der Waals surface area contributed by atoms with Gasteiger partial charge in [0, 0.05) is 5.56 Å². The zero-order valence-corrected chi connectivity index (χ0v) is 5.51. The second kappa shape index (κ2) is 2.84. The molecule has 4 heteroatoms. The lowest BCUT2D eigenvalue weighted by molar-refractivity contribution is 0.272. The molecule has 11 heavy (non-hydrogen) atoms. The minimum Gasteiger partial charge on any atom is -0.505 e. The fourth-order valence-electron chi connectivity index (χ4n) is 0.701. The maximum Gasteiger partial charge on any atom is 0.200 e. The van der Waals surface area contributed by atoms with Crippen LogP contribution < -0.4 is 0 Å². The Labute approximate surface area is 61.7 Å². The van der Waals surface area contributed by atoms with Crippen LogP contribution in [0.4, 0.5) is 8.78 Å². The maximum absolute atomic E-state index is 12.6. The lowest BCUT2D eigenvalue weighted by Gasteiger charge is -2.00. The Kier molecular flexibility index (Phi) is 2.05. The molecule has 0 radical (unpaired) electrons. The summed E-state index contributed by atoms with van der Waals surface area (Å²) in [4.78, 5) is 0. The first-order chi connectivity index (χ1) is 5.16. The van der Waals surface area contributed by atoms with Crippen molar-refractivity contribution in [3.63, 3.8) is 0 Å². The van der Waals surface area contributed by atoms with Gasteiger partial charge in [0.1, 0.15) is 0 Å². The van der Waals surface area contributed by atoms with E-state index in [1.807, 2.05) is 0 Å². The summed E-state index contributed by atoms with van der Waals surface area (Å²) in [6, 6.07) is 2.11. The first-order valence-corrected chi connectivity index (χ1v) is 2.93. The van der Waals surface area contributed by atoms with E-state index in [1.165, 1.54) is 0 Å². The minimum absolute atomic E-state index is 0.166. The van der Waals surface area contributed by atoms with Gasteiger partial charge in [-0.1, -0.05) is 0 Å². The SMILES string of the molecule is OCc1ccc(O)c(F)c1F. The fraction of sp³-hybridized carbons (Fsp3) is 0.143. The van der Waals surface area contributed by atoms with Crippen LogP contribution in [0, 0.1) is 11.6 Å². The number of hydrogen-bond acceptors (Lipinski definition) is 2. The summed E-state index contributed by atoms with van der Waals surface area (Å²) in [5.74, 6) is -3.27. The lowest BCUT2D eigenvalue weighted by atomic mass is 10.2. The van der Waals surface area contributed by atoms with Crippen molar-refractivity contribution >= 4 is 0 Å². The molecule has 2 N–H and O–H groups in total. The molecule has 0 aliphatic heterocycles. The third-order valence-electron chi connectivity index (χ3n) is 1.31. The Morgan fingerprint density at radius 1 is 1.18 bits per heavy atom. The van der Waals surface area contributed by atoms with E-state index < -0.39 is 24.0 Å². The zero-order chi connectivity index (χ0) is 8.43. The van der Waals surface area contributed by atoms with Gasteiger partial charge in [0.05, 0.1) is 6.61 Å². The molecule has 0 spiro atoms.